The first-order valence-electron chi connectivity index (χ1n) is 12.2. The fourth-order valence-corrected chi connectivity index (χ4v) is 9.61. The van der Waals surface area contributed by atoms with Gasteiger partial charge in [0, 0.05) is 25.7 Å². The van der Waals surface area contributed by atoms with Crippen LogP contribution in [0, 0.1) is 34.5 Å². The van der Waals surface area contributed by atoms with Crippen LogP contribution in [0.5, 0.6) is 0 Å². The number of aliphatic hydroxyl groups is 1. The molecule has 0 radical (unpaired) electrons. The van der Waals surface area contributed by atoms with Crippen molar-refractivity contribution in [2.45, 2.75) is 109 Å². The molecule has 4 aliphatic carbocycles. The molecule has 0 unspecified atom stereocenters. The van der Waals surface area contributed by atoms with Crippen molar-refractivity contribution in [3.05, 3.63) is 0 Å². The summed E-state index contributed by atoms with van der Waals surface area (Å²) in [5.74, 6) is 1.52. The molecule has 10 atom stereocenters. The highest BCUT2D eigenvalue weighted by molar-refractivity contribution is 9.10. The van der Waals surface area contributed by atoms with Gasteiger partial charge in [0.1, 0.15) is 12.2 Å². The topological polar surface area (TPSA) is 72.8 Å². The van der Waals surface area contributed by atoms with Crippen LogP contribution in [0.1, 0.15) is 86.0 Å². The van der Waals surface area contributed by atoms with Gasteiger partial charge in [-0.15, -0.1) is 0 Å². The lowest BCUT2D eigenvalue weighted by Crippen LogP contribution is -2.66. The molecule has 31 heavy (non-hydrogen) atoms. The van der Waals surface area contributed by atoms with E-state index in [1.54, 1.807) is 0 Å². The van der Waals surface area contributed by atoms with Crippen LogP contribution in [0.25, 0.3) is 0 Å². The summed E-state index contributed by atoms with van der Waals surface area (Å²) in [7, 11) is 0. The summed E-state index contributed by atoms with van der Waals surface area (Å²) in [4.78, 5) is 23.4. The van der Waals surface area contributed by atoms with Gasteiger partial charge < -0.3 is 14.6 Å². The number of aliphatic hydroxyl groups excluding tert-OH is 1. The molecular weight excluding hydrogens is 460 g/mol. The van der Waals surface area contributed by atoms with Crippen molar-refractivity contribution in [3.63, 3.8) is 0 Å². The Hall–Kier alpha value is -0.620. The zero-order valence-corrected chi connectivity index (χ0v) is 21.2. The number of carbonyl (C=O) groups excluding carboxylic acids is 2. The fraction of sp³-hybridized carbons (Fsp3) is 0.920. The number of alkyl halides is 1. The second-order valence-corrected chi connectivity index (χ2v) is 12.8. The van der Waals surface area contributed by atoms with E-state index in [1.165, 1.54) is 13.8 Å². The molecule has 0 aromatic rings. The number of fused-ring (bicyclic) bond motifs is 5. The fourth-order valence-electron chi connectivity index (χ4n) is 8.57. The predicted molar refractivity (Wildman–Crippen MR) is 122 cm³/mol. The van der Waals surface area contributed by atoms with Crippen LogP contribution < -0.4 is 0 Å². The van der Waals surface area contributed by atoms with Crippen molar-refractivity contribution < 1.29 is 24.2 Å². The Morgan fingerprint density at radius 1 is 1.06 bits per heavy atom. The van der Waals surface area contributed by atoms with Gasteiger partial charge in [0.25, 0.3) is 0 Å². The minimum absolute atomic E-state index is 0.00908. The molecule has 5 nitrogen and oxygen atoms in total. The Labute approximate surface area is 195 Å². The molecule has 4 aliphatic rings. The standard InChI is InChI=1S/C25H39BrO5/c1-6-16-11-21(31-15(3)28)23(4)9-8-19-18(22(16)23)12-20(29)25(26)13-17(30-14(2)27)7-10-24(19,25)5/h16-22,29H,6-13H2,1-5H3/t16-,17-,18+,19-,20+,21-,22-,23+,24+,25-/m0/s1. The maximum absolute atomic E-state index is 11.8. The Balaban J connectivity index is 1.66. The van der Waals surface area contributed by atoms with Crippen LogP contribution in [-0.4, -0.2) is 39.7 Å². The second-order valence-electron chi connectivity index (χ2n) is 11.3. The van der Waals surface area contributed by atoms with E-state index in [1.807, 2.05) is 0 Å². The van der Waals surface area contributed by atoms with Crippen LogP contribution in [0.4, 0.5) is 0 Å². The summed E-state index contributed by atoms with van der Waals surface area (Å²) < 4.78 is 11.0. The zero-order valence-electron chi connectivity index (χ0n) is 19.7. The SMILES string of the molecule is CC[C@H]1C[C@H](OC(C)=O)[C@@]2(C)CC[C@H]3[C@@H](C[C@@H](O)[C@@]4(Br)C[C@@H](OC(C)=O)CC[C@]34C)[C@H]12. The molecule has 0 bridgehead atoms. The third-order valence-electron chi connectivity index (χ3n) is 9.96. The van der Waals surface area contributed by atoms with Crippen molar-refractivity contribution in [1.82, 2.24) is 0 Å². The minimum atomic E-state index is -0.482. The number of rotatable bonds is 3. The summed E-state index contributed by atoms with van der Waals surface area (Å²) in [5, 5.41) is 11.5. The second kappa shape index (κ2) is 8.00. The highest BCUT2D eigenvalue weighted by atomic mass is 79.9. The molecule has 6 heteroatoms. The third kappa shape index (κ3) is 3.50. The molecule has 0 aliphatic heterocycles. The van der Waals surface area contributed by atoms with Gasteiger partial charge in [-0.3, -0.25) is 9.59 Å². The van der Waals surface area contributed by atoms with E-state index in [0.29, 0.717) is 30.1 Å². The van der Waals surface area contributed by atoms with E-state index in [9.17, 15) is 14.7 Å². The number of carbonyl (C=O) groups is 2. The quantitative estimate of drug-likeness (QED) is 0.436. The Kier molecular flexibility index (Phi) is 6.08. The van der Waals surface area contributed by atoms with Crippen molar-refractivity contribution in [1.29, 1.82) is 0 Å². The van der Waals surface area contributed by atoms with Gasteiger partial charge >= 0.3 is 11.9 Å². The lowest BCUT2D eigenvalue weighted by Gasteiger charge is -2.65. The molecule has 4 fully saturated rings. The van der Waals surface area contributed by atoms with Crippen molar-refractivity contribution in [2.75, 3.05) is 0 Å². The highest BCUT2D eigenvalue weighted by Gasteiger charge is 2.68. The lowest BCUT2D eigenvalue weighted by molar-refractivity contribution is -0.179. The maximum atomic E-state index is 11.8. The summed E-state index contributed by atoms with van der Waals surface area (Å²) in [6.07, 6.45) is 6.81. The monoisotopic (exact) mass is 498 g/mol. The van der Waals surface area contributed by atoms with Gasteiger partial charge in [0.15, 0.2) is 0 Å². The van der Waals surface area contributed by atoms with Gasteiger partial charge in [0.05, 0.1) is 10.4 Å². The maximum Gasteiger partial charge on any atom is 0.302 e. The Morgan fingerprint density at radius 3 is 2.35 bits per heavy atom. The first kappa shape index (κ1) is 23.5. The van der Waals surface area contributed by atoms with Crippen LogP contribution >= 0.6 is 15.9 Å². The van der Waals surface area contributed by atoms with E-state index in [0.717, 1.165) is 44.9 Å². The van der Waals surface area contributed by atoms with Gasteiger partial charge in [-0.05, 0) is 67.6 Å². The lowest BCUT2D eigenvalue weighted by atomic mass is 9.43. The average molecular weight is 499 g/mol. The van der Waals surface area contributed by atoms with Crippen LogP contribution in [-0.2, 0) is 19.1 Å². The number of ether oxygens (including phenoxy) is 2. The van der Waals surface area contributed by atoms with E-state index in [-0.39, 0.29) is 35.0 Å². The van der Waals surface area contributed by atoms with Crippen LogP contribution in [0.15, 0.2) is 0 Å². The first-order chi connectivity index (χ1) is 14.5. The summed E-state index contributed by atoms with van der Waals surface area (Å²) in [5.41, 5.74) is -0.0596. The number of hydrogen-bond donors (Lipinski definition) is 1. The van der Waals surface area contributed by atoms with Gasteiger partial charge in [-0.25, -0.2) is 0 Å². The Morgan fingerprint density at radius 2 is 1.74 bits per heavy atom. The molecule has 0 saturated heterocycles. The summed E-state index contributed by atoms with van der Waals surface area (Å²) >= 11 is 4.04. The van der Waals surface area contributed by atoms with Crippen molar-refractivity contribution in [3.8, 4) is 0 Å². The molecule has 0 aromatic heterocycles. The van der Waals surface area contributed by atoms with E-state index in [2.05, 4.69) is 36.7 Å². The highest BCUT2D eigenvalue weighted by Crippen LogP contribution is 2.70. The minimum Gasteiger partial charge on any atom is -0.463 e. The number of halogens is 1. The van der Waals surface area contributed by atoms with Crippen LogP contribution in [0.2, 0.25) is 0 Å². The molecule has 0 heterocycles. The van der Waals surface area contributed by atoms with Crippen LogP contribution in [0.3, 0.4) is 0 Å². The normalized spacial score (nSPS) is 51.3. The molecule has 1 N–H and O–H groups in total. The molecule has 0 amide bonds. The molecular formula is C25H39BrO5. The molecule has 0 spiro atoms. The average Bonchev–Trinajstić information content (AvgIpc) is 2.95. The van der Waals surface area contributed by atoms with E-state index < -0.39 is 10.4 Å². The van der Waals surface area contributed by atoms with Gasteiger partial charge in [0.2, 0.25) is 0 Å². The van der Waals surface area contributed by atoms with Crippen molar-refractivity contribution >= 4 is 27.9 Å². The molecule has 4 saturated carbocycles. The predicted octanol–water partition coefficient (Wildman–Crippen LogP) is 5.02. The molecule has 4 rings (SSSR count). The summed E-state index contributed by atoms with van der Waals surface area (Å²) in [6, 6.07) is 0. The first-order valence-corrected chi connectivity index (χ1v) is 13.0. The Bertz CT molecular complexity index is 741. The number of hydrogen-bond acceptors (Lipinski definition) is 5. The summed E-state index contributed by atoms with van der Waals surface area (Å²) in [6.45, 7) is 9.93. The number of esters is 2. The van der Waals surface area contributed by atoms with Gasteiger partial charge in [-0.1, -0.05) is 43.1 Å². The van der Waals surface area contributed by atoms with E-state index in [4.69, 9.17) is 9.47 Å². The molecule has 0 aromatic carbocycles. The van der Waals surface area contributed by atoms with Gasteiger partial charge in [-0.2, -0.15) is 0 Å². The zero-order chi connectivity index (χ0) is 22.8. The molecule has 176 valence electrons. The largest absolute Gasteiger partial charge is 0.463 e. The van der Waals surface area contributed by atoms with Crippen molar-refractivity contribution in [2.24, 2.45) is 34.5 Å². The van der Waals surface area contributed by atoms with E-state index >= 15 is 0 Å². The third-order valence-corrected chi connectivity index (χ3v) is 11.7. The smallest absolute Gasteiger partial charge is 0.302 e.